The predicted octanol–water partition coefficient (Wildman–Crippen LogP) is 5.28. The average Bonchev–Trinajstić information content (AvgIpc) is 2.68. The van der Waals surface area contributed by atoms with Gasteiger partial charge in [-0.25, -0.2) is 4.98 Å². The van der Waals surface area contributed by atoms with E-state index in [1.165, 1.54) is 12.6 Å². The summed E-state index contributed by atoms with van der Waals surface area (Å²) < 4.78 is 0. The molecule has 1 saturated carbocycles. The van der Waals surface area contributed by atoms with Crippen LogP contribution in [0.25, 0.3) is 0 Å². The van der Waals surface area contributed by atoms with Crippen molar-refractivity contribution in [2.24, 2.45) is 16.6 Å². The lowest BCUT2D eigenvalue weighted by Gasteiger charge is -2.44. The molecule has 29 heavy (non-hydrogen) atoms. The molecule has 4 rings (SSSR count). The Kier molecular flexibility index (Phi) is 8.23. The minimum Gasteiger partial charge on any atom is -0.379 e. The van der Waals surface area contributed by atoms with E-state index in [9.17, 15) is 4.79 Å². The molecule has 0 radical (unpaired) electrons. The highest BCUT2D eigenvalue weighted by atomic mass is 35.5. The van der Waals surface area contributed by atoms with Gasteiger partial charge in [-0.15, -0.1) is 24.8 Å². The molecular formula is C20H23Cl3N4OS. The first kappa shape index (κ1) is 23.8. The van der Waals surface area contributed by atoms with Gasteiger partial charge in [-0.05, 0) is 48.6 Å². The number of aromatic nitrogens is 1. The molecule has 5 nitrogen and oxygen atoms in total. The molecular weight excluding hydrogens is 451 g/mol. The summed E-state index contributed by atoms with van der Waals surface area (Å²) in [4.78, 5) is 21.5. The number of hydrogen-bond donors (Lipinski definition) is 2. The van der Waals surface area contributed by atoms with Crippen LogP contribution in [0.3, 0.4) is 0 Å². The Hall–Kier alpha value is -1.47. The van der Waals surface area contributed by atoms with Crippen LogP contribution in [0.1, 0.15) is 41.7 Å². The van der Waals surface area contributed by atoms with Gasteiger partial charge in [0.15, 0.2) is 5.17 Å². The highest BCUT2D eigenvalue weighted by Crippen LogP contribution is 2.49. The Morgan fingerprint density at radius 1 is 1.24 bits per heavy atom. The SMILES string of the molecule is Cl.Cl.NC1=N[C@@]2(c3cccc(NC(=O)c4ccc(Cl)cn4)c3)CCCCC2CS1. The molecule has 2 aliphatic rings. The second kappa shape index (κ2) is 10.0. The van der Waals surface area contributed by atoms with E-state index in [1.807, 2.05) is 18.2 Å². The van der Waals surface area contributed by atoms with Crippen LogP contribution in [0.5, 0.6) is 0 Å². The van der Waals surface area contributed by atoms with Gasteiger partial charge in [0.05, 0.1) is 10.6 Å². The minimum absolute atomic E-state index is 0. The zero-order valence-corrected chi connectivity index (χ0v) is 18.8. The number of aliphatic imine (C=N–C) groups is 1. The first-order valence-corrected chi connectivity index (χ1v) is 10.4. The van der Waals surface area contributed by atoms with Gasteiger partial charge in [0.25, 0.3) is 5.91 Å². The summed E-state index contributed by atoms with van der Waals surface area (Å²) in [5.74, 6) is 1.22. The van der Waals surface area contributed by atoms with Gasteiger partial charge in [0.2, 0.25) is 0 Å². The van der Waals surface area contributed by atoms with E-state index in [0.29, 0.717) is 21.8 Å². The fourth-order valence-electron chi connectivity index (χ4n) is 4.03. The maximum Gasteiger partial charge on any atom is 0.274 e. The fourth-order valence-corrected chi connectivity index (χ4v) is 5.18. The molecule has 1 aromatic carbocycles. The third-order valence-electron chi connectivity index (χ3n) is 5.36. The van der Waals surface area contributed by atoms with Gasteiger partial charge in [0.1, 0.15) is 5.69 Å². The number of anilines is 1. The molecule has 156 valence electrons. The third-order valence-corrected chi connectivity index (χ3v) is 6.54. The number of benzene rings is 1. The second-order valence-corrected chi connectivity index (χ2v) is 8.50. The van der Waals surface area contributed by atoms with Crippen molar-refractivity contribution < 1.29 is 4.79 Å². The lowest BCUT2D eigenvalue weighted by molar-refractivity contribution is 0.102. The highest BCUT2D eigenvalue weighted by Gasteiger charge is 2.44. The lowest BCUT2D eigenvalue weighted by Crippen LogP contribution is -2.42. The number of rotatable bonds is 3. The van der Waals surface area contributed by atoms with Crippen LogP contribution in [0.15, 0.2) is 47.6 Å². The van der Waals surface area contributed by atoms with Gasteiger partial charge in [0, 0.05) is 17.6 Å². The number of nitrogens with one attached hydrogen (secondary N) is 1. The number of carbonyl (C=O) groups excluding carboxylic acids is 1. The topological polar surface area (TPSA) is 80.4 Å². The van der Waals surface area contributed by atoms with Gasteiger partial charge in [-0.2, -0.15) is 0 Å². The Bertz CT molecular complexity index is 894. The number of hydrogen-bond acceptors (Lipinski definition) is 5. The summed E-state index contributed by atoms with van der Waals surface area (Å²) in [5.41, 5.74) is 8.01. The van der Waals surface area contributed by atoms with E-state index in [-0.39, 0.29) is 36.3 Å². The molecule has 0 bridgehead atoms. The van der Waals surface area contributed by atoms with Crippen LogP contribution in [-0.2, 0) is 5.54 Å². The van der Waals surface area contributed by atoms with Crippen LogP contribution in [0, 0.1) is 5.92 Å². The van der Waals surface area contributed by atoms with Crippen LogP contribution >= 0.6 is 48.2 Å². The Balaban J connectivity index is 0.00000150. The van der Waals surface area contributed by atoms with E-state index >= 15 is 0 Å². The number of nitrogens with two attached hydrogens (primary N) is 1. The summed E-state index contributed by atoms with van der Waals surface area (Å²) in [7, 11) is 0. The number of amidine groups is 1. The van der Waals surface area contributed by atoms with Crippen molar-refractivity contribution in [1.29, 1.82) is 0 Å². The van der Waals surface area contributed by atoms with Crippen LogP contribution in [0.2, 0.25) is 5.02 Å². The maximum absolute atomic E-state index is 12.5. The smallest absolute Gasteiger partial charge is 0.274 e. The Labute approximate surface area is 192 Å². The predicted molar refractivity (Wildman–Crippen MR) is 126 cm³/mol. The van der Waals surface area contributed by atoms with Gasteiger partial charge in [-0.1, -0.05) is 48.3 Å². The van der Waals surface area contributed by atoms with Crippen molar-refractivity contribution in [3.63, 3.8) is 0 Å². The summed E-state index contributed by atoms with van der Waals surface area (Å²) in [6.45, 7) is 0. The molecule has 1 unspecified atom stereocenters. The first-order valence-electron chi connectivity index (χ1n) is 9.08. The van der Waals surface area contributed by atoms with E-state index in [2.05, 4.69) is 16.4 Å². The van der Waals surface area contributed by atoms with Crippen molar-refractivity contribution in [2.75, 3.05) is 11.1 Å². The molecule has 2 atom stereocenters. The van der Waals surface area contributed by atoms with E-state index in [4.69, 9.17) is 22.3 Å². The molecule has 1 fully saturated rings. The summed E-state index contributed by atoms with van der Waals surface area (Å²) >= 11 is 7.49. The number of fused-ring (bicyclic) bond motifs is 1. The van der Waals surface area contributed by atoms with Gasteiger partial charge < -0.3 is 11.1 Å². The molecule has 3 N–H and O–H groups in total. The number of thioether (sulfide) groups is 1. The third kappa shape index (κ3) is 5.00. The summed E-state index contributed by atoms with van der Waals surface area (Å²) in [6.07, 6.45) is 6.00. The largest absolute Gasteiger partial charge is 0.379 e. The van der Waals surface area contributed by atoms with Gasteiger partial charge >= 0.3 is 0 Å². The van der Waals surface area contributed by atoms with Crippen LogP contribution in [0.4, 0.5) is 5.69 Å². The molecule has 1 aliphatic carbocycles. The van der Waals surface area contributed by atoms with E-state index in [0.717, 1.165) is 36.3 Å². The fraction of sp³-hybridized carbons (Fsp3) is 0.350. The standard InChI is InChI=1S/C20H21ClN4OS.2ClH/c21-15-7-8-17(23-11-15)18(26)24-16-6-3-5-13(10-16)20-9-2-1-4-14(20)12-27-19(22)25-20;;/h3,5-8,10-11,14H,1-2,4,9,12H2,(H2,22,25)(H,24,26);2*1H/t14?,20-;;/m1../s1. The summed E-state index contributed by atoms with van der Waals surface area (Å²) in [6, 6.07) is 11.2. The number of pyridine rings is 1. The molecule has 2 heterocycles. The monoisotopic (exact) mass is 472 g/mol. The van der Waals surface area contributed by atoms with Gasteiger partial charge in [-0.3, -0.25) is 9.79 Å². The van der Waals surface area contributed by atoms with Crippen LogP contribution < -0.4 is 11.1 Å². The first-order chi connectivity index (χ1) is 13.1. The second-order valence-electron chi connectivity index (χ2n) is 7.02. The average molecular weight is 474 g/mol. The molecule has 9 heteroatoms. The quantitative estimate of drug-likeness (QED) is 0.635. The molecule has 1 aromatic heterocycles. The van der Waals surface area contributed by atoms with Crippen molar-refractivity contribution in [1.82, 2.24) is 4.98 Å². The lowest BCUT2D eigenvalue weighted by atomic mass is 9.70. The molecule has 0 saturated heterocycles. The van der Waals surface area contributed by atoms with E-state index < -0.39 is 0 Å². The maximum atomic E-state index is 12.5. The zero-order valence-electron chi connectivity index (χ0n) is 15.6. The molecule has 0 spiro atoms. The van der Waals surface area contributed by atoms with Crippen molar-refractivity contribution in [2.45, 2.75) is 31.2 Å². The van der Waals surface area contributed by atoms with Crippen molar-refractivity contribution >= 4 is 64.9 Å². The Morgan fingerprint density at radius 2 is 2.07 bits per heavy atom. The van der Waals surface area contributed by atoms with Crippen molar-refractivity contribution in [3.05, 3.63) is 58.9 Å². The number of carbonyl (C=O) groups is 1. The molecule has 2 aromatic rings. The number of nitrogens with zero attached hydrogens (tertiary/aromatic N) is 2. The molecule has 1 amide bonds. The van der Waals surface area contributed by atoms with E-state index in [1.54, 1.807) is 23.9 Å². The number of amides is 1. The minimum atomic E-state index is -0.271. The van der Waals surface area contributed by atoms with Crippen LogP contribution in [-0.4, -0.2) is 21.8 Å². The Morgan fingerprint density at radius 3 is 2.83 bits per heavy atom. The normalized spacial score (nSPS) is 22.9. The highest BCUT2D eigenvalue weighted by molar-refractivity contribution is 8.13. The molecule has 1 aliphatic heterocycles. The summed E-state index contributed by atoms with van der Waals surface area (Å²) in [5, 5.41) is 4.09. The zero-order chi connectivity index (χ0) is 18.9. The van der Waals surface area contributed by atoms with Crippen molar-refractivity contribution in [3.8, 4) is 0 Å². The number of halogens is 3.